The number of nitro groups is 1. The normalized spacial score (nSPS) is 15.9. The second kappa shape index (κ2) is 5.00. The number of nitro benzene ring substituents is 1. The Morgan fingerprint density at radius 1 is 1.59 bits per heavy atom. The molecule has 1 aliphatic heterocycles. The number of benzene rings is 1. The second-order valence-electron chi connectivity index (χ2n) is 4.26. The molecule has 1 saturated heterocycles. The highest BCUT2D eigenvalue weighted by atomic mass is 35.5. The van der Waals surface area contributed by atoms with Crippen LogP contribution in [0.2, 0.25) is 5.02 Å². The Kier molecular flexibility index (Phi) is 3.61. The van der Waals surface area contributed by atoms with Gasteiger partial charge in [-0.25, -0.2) is 0 Å². The van der Waals surface area contributed by atoms with E-state index in [1.165, 1.54) is 6.07 Å². The van der Waals surface area contributed by atoms with Crippen molar-refractivity contribution in [1.82, 2.24) is 10.2 Å². The summed E-state index contributed by atoms with van der Waals surface area (Å²) in [5.74, 6) is 0. The molecule has 0 atom stereocenters. The smallest absolute Gasteiger partial charge is 0.273 e. The van der Waals surface area contributed by atoms with Crippen molar-refractivity contribution in [2.24, 2.45) is 0 Å². The molecule has 1 aliphatic rings. The molecule has 5 nitrogen and oxygen atoms in total. The first-order valence-corrected chi connectivity index (χ1v) is 5.79. The van der Waals surface area contributed by atoms with Crippen LogP contribution >= 0.6 is 11.6 Å². The number of nitrogens with one attached hydrogen (secondary N) is 1. The first-order valence-electron chi connectivity index (χ1n) is 5.41. The summed E-state index contributed by atoms with van der Waals surface area (Å²) in [4.78, 5) is 12.6. The van der Waals surface area contributed by atoms with Gasteiger partial charge in [-0.3, -0.25) is 15.0 Å². The van der Waals surface area contributed by atoms with Gasteiger partial charge >= 0.3 is 0 Å². The van der Waals surface area contributed by atoms with Crippen molar-refractivity contribution in [3.05, 3.63) is 38.9 Å². The molecule has 0 radical (unpaired) electrons. The molecule has 2 rings (SSSR count). The molecule has 0 saturated carbocycles. The Balaban J connectivity index is 2.17. The fourth-order valence-corrected chi connectivity index (χ4v) is 2.04. The van der Waals surface area contributed by atoms with Gasteiger partial charge in [0, 0.05) is 42.3 Å². The summed E-state index contributed by atoms with van der Waals surface area (Å²) >= 11 is 5.88. The summed E-state index contributed by atoms with van der Waals surface area (Å²) in [6.45, 7) is 2.42. The highest BCUT2D eigenvalue weighted by molar-refractivity contribution is 6.30. The van der Waals surface area contributed by atoms with Crippen LogP contribution in [0.4, 0.5) is 5.69 Å². The third-order valence-corrected chi connectivity index (χ3v) is 3.28. The largest absolute Gasteiger partial charge is 0.314 e. The molecule has 1 aromatic rings. The van der Waals surface area contributed by atoms with Gasteiger partial charge in [-0.15, -0.1) is 0 Å². The highest BCUT2D eigenvalue weighted by Crippen LogP contribution is 2.24. The zero-order valence-electron chi connectivity index (χ0n) is 9.52. The van der Waals surface area contributed by atoms with Crippen molar-refractivity contribution in [1.29, 1.82) is 0 Å². The summed E-state index contributed by atoms with van der Waals surface area (Å²) < 4.78 is 0. The summed E-state index contributed by atoms with van der Waals surface area (Å²) in [6.07, 6.45) is 0. The van der Waals surface area contributed by atoms with Crippen LogP contribution in [0.15, 0.2) is 18.2 Å². The highest BCUT2D eigenvalue weighted by Gasteiger charge is 2.24. The average molecular weight is 256 g/mol. The summed E-state index contributed by atoms with van der Waals surface area (Å²) in [6, 6.07) is 5.13. The number of rotatable bonds is 4. The van der Waals surface area contributed by atoms with Crippen molar-refractivity contribution in [3.8, 4) is 0 Å². The Bertz CT molecular complexity index is 435. The second-order valence-corrected chi connectivity index (χ2v) is 4.69. The fourth-order valence-electron chi connectivity index (χ4n) is 1.84. The Morgan fingerprint density at radius 3 is 2.82 bits per heavy atom. The number of hydrogen-bond donors (Lipinski definition) is 1. The average Bonchev–Trinajstić information content (AvgIpc) is 2.13. The molecule has 1 heterocycles. The van der Waals surface area contributed by atoms with Gasteiger partial charge in [-0.05, 0) is 19.2 Å². The summed E-state index contributed by atoms with van der Waals surface area (Å²) in [7, 11) is 1.97. The standard InChI is InChI=1S/C11H14ClN3O2/c1-14(10-5-13-6-10)7-8-4-9(12)2-3-11(8)15(16)17/h2-4,10,13H,5-7H2,1H3. The molecule has 0 amide bonds. The third-order valence-electron chi connectivity index (χ3n) is 3.04. The van der Waals surface area contributed by atoms with E-state index >= 15 is 0 Å². The quantitative estimate of drug-likeness (QED) is 0.657. The van der Waals surface area contributed by atoms with Crippen molar-refractivity contribution in [2.75, 3.05) is 20.1 Å². The molecule has 92 valence electrons. The van der Waals surface area contributed by atoms with E-state index in [2.05, 4.69) is 10.2 Å². The SMILES string of the molecule is CN(Cc1cc(Cl)ccc1[N+](=O)[O-])C1CNC1. The van der Waals surface area contributed by atoms with Gasteiger partial charge in [0.2, 0.25) is 0 Å². The van der Waals surface area contributed by atoms with Crippen LogP contribution in [0.1, 0.15) is 5.56 Å². The topological polar surface area (TPSA) is 58.4 Å². The van der Waals surface area contributed by atoms with Crippen molar-refractivity contribution >= 4 is 17.3 Å². The Hall–Kier alpha value is -1.17. The molecule has 1 aromatic carbocycles. The van der Waals surface area contributed by atoms with Crippen LogP contribution < -0.4 is 5.32 Å². The van der Waals surface area contributed by atoms with Gasteiger partial charge < -0.3 is 5.32 Å². The van der Waals surface area contributed by atoms with Crippen LogP contribution in [0, 0.1) is 10.1 Å². The number of nitrogens with zero attached hydrogens (tertiary/aromatic N) is 2. The molecular weight excluding hydrogens is 242 g/mol. The van der Waals surface area contributed by atoms with Gasteiger partial charge in [0.15, 0.2) is 0 Å². The van der Waals surface area contributed by atoms with Crippen molar-refractivity contribution in [3.63, 3.8) is 0 Å². The number of halogens is 1. The molecule has 1 fully saturated rings. The number of likely N-dealkylation sites (N-methyl/N-ethyl adjacent to an activating group) is 1. The molecule has 0 aliphatic carbocycles. The van der Waals surface area contributed by atoms with Gasteiger partial charge in [0.1, 0.15) is 0 Å². The van der Waals surface area contributed by atoms with E-state index in [0.717, 1.165) is 13.1 Å². The van der Waals surface area contributed by atoms with Crippen molar-refractivity contribution in [2.45, 2.75) is 12.6 Å². The lowest BCUT2D eigenvalue weighted by atomic mass is 10.1. The fraction of sp³-hybridized carbons (Fsp3) is 0.455. The first kappa shape index (κ1) is 12.3. The zero-order valence-corrected chi connectivity index (χ0v) is 10.3. The Labute approximate surface area is 105 Å². The molecule has 0 unspecified atom stereocenters. The van der Waals surface area contributed by atoms with E-state index in [0.29, 0.717) is 23.2 Å². The lowest BCUT2D eigenvalue weighted by Crippen LogP contribution is -2.55. The van der Waals surface area contributed by atoms with Crippen LogP contribution in [0.25, 0.3) is 0 Å². The van der Waals surface area contributed by atoms with Gasteiger partial charge in [0.25, 0.3) is 5.69 Å². The zero-order chi connectivity index (χ0) is 12.4. The van der Waals surface area contributed by atoms with Crippen molar-refractivity contribution < 1.29 is 4.92 Å². The van der Waals surface area contributed by atoms with E-state index in [-0.39, 0.29) is 10.6 Å². The molecule has 1 N–H and O–H groups in total. The van der Waals surface area contributed by atoms with Gasteiger partial charge in [-0.2, -0.15) is 0 Å². The summed E-state index contributed by atoms with van der Waals surface area (Å²) in [5.41, 5.74) is 0.797. The monoisotopic (exact) mass is 255 g/mol. The van der Waals surface area contributed by atoms with Crippen LogP contribution in [-0.2, 0) is 6.54 Å². The van der Waals surface area contributed by atoms with E-state index in [4.69, 9.17) is 11.6 Å². The number of hydrogen-bond acceptors (Lipinski definition) is 4. The van der Waals surface area contributed by atoms with Gasteiger partial charge in [0.05, 0.1) is 4.92 Å². The molecular formula is C11H14ClN3O2. The first-order chi connectivity index (χ1) is 8.08. The van der Waals surface area contributed by atoms with Crippen LogP contribution in [0.3, 0.4) is 0 Å². The predicted molar refractivity (Wildman–Crippen MR) is 66.2 cm³/mol. The van der Waals surface area contributed by atoms with E-state index in [9.17, 15) is 10.1 Å². The Morgan fingerprint density at radius 2 is 2.29 bits per heavy atom. The van der Waals surface area contributed by atoms with Crippen LogP contribution in [0.5, 0.6) is 0 Å². The predicted octanol–water partition coefficient (Wildman–Crippen LogP) is 1.65. The maximum atomic E-state index is 10.9. The van der Waals surface area contributed by atoms with E-state index in [1.54, 1.807) is 12.1 Å². The molecule has 0 spiro atoms. The molecule has 0 bridgehead atoms. The lowest BCUT2D eigenvalue weighted by molar-refractivity contribution is -0.385. The molecule has 6 heteroatoms. The minimum atomic E-state index is -0.363. The minimum absolute atomic E-state index is 0.133. The van der Waals surface area contributed by atoms with E-state index in [1.807, 2.05) is 7.05 Å². The molecule has 17 heavy (non-hydrogen) atoms. The molecule has 0 aromatic heterocycles. The summed E-state index contributed by atoms with van der Waals surface area (Å²) in [5, 5.41) is 14.6. The van der Waals surface area contributed by atoms with Gasteiger partial charge in [-0.1, -0.05) is 11.6 Å². The lowest BCUT2D eigenvalue weighted by Gasteiger charge is -2.35. The third kappa shape index (κ3) is 2.74. The minimum Gasteiger partial charge on any atom is -0.314 e. The maximum Gasteiger partial charge on any atom is 0.273 e. The van der Waals surface area contributed by atoms with E-state index < -0.39 is 0 Å². The van der Waals surface area contributed by atoms with Crippen LogP contribution in [-0.4, -0.2) is 36.0 Å². The maximum absolute atomic E-state index is 10.9.